The number of benzene rings is 1. The normalized spacial score (nSPS) is 38.3. The molecule has 4 fully saturated rings. The van der Waals surface area contributed by atoms with Crippen molar-refractivity contribution < 1.29 is 19.0 Å². The van der Waals surface area contributed by atoms with Crippen LogP contribution in [0.1, 0.15) is 71.6 Å². The van der Waals surface area contributed by atoms with Crippen molar-refractivity contribution in [1.82, 2.24) is 15.0 Å². The maximum Gasteiger partial charge on any atom is 0.190 e. The van der Waals surface area contributed by atoms with Crippen LogP contribution in [0.15, 0.2) is 12.1 Å². The highest BCUT2D eigenvalue weighted by Crippen LogP contribution is 2.68. The molecule has 8 atom stereocenters. The smallest absolute Gasteiger partial charge is 0.190 e. The van der Waals surface area contributed by atoms with E-state index in [0.717, 1.165) is 48.6 Å². The third kappa shape index (κ3) is 3.82. The largest absolute Gasteiger partial charge is 0.493 e. The third-order valence-corrected chi connectivity index (χ3v) is 11.8. The summed E-state index contributed by atoms with van der Waals surface area (Å²) in [7, 11) is 5.13. The standard InChI is InChI=1S/C31H45N3O4/c1-19-12-15-31(18-36-3)20(16-19)6-7-21-22-8-9-24(30(22,2)14-13-23(21)31)26(35)17-34-25-10-11-27(37-4)29(38-5)28(25)32-33-34/h10-11,19-24H,6-9,12-18H2,1-5H3. The van der Waals surface area contributed by atoms with E-state index in [-0.39, 0.29) is 17.9 Å². The molecule has 1 aromatic heterocycles. The van der Waals surface area contributed by atoms with E-state index in [0.29, 0.717) is 34.1 Å². The Morgan fingerprint density at radius 2 is 1.87 bits per heavy atom. The minimum Gasteiger partial charge on any atom is -0.493 e. The van der Waals surface area contributed by atoms with Gasteiger partial charge in [-0.1, -0.05) is 25.5 Å². The fraction of sp³-hybridized carbons (Fsp3) is 0.774. The Bertz CT molecular complexity index is 1200. The lowest BCUT2D eigenvalue weighted by Gasteiger charge is -2.61. The maximum atomic E-state index is 13.9. The Balaban J connectivity index is 1.23. The number of rotatable bonds is 7. The Labute approximate surface area is 227 Å². The lowest BCUT2D eigenvalue weighted by molar-refractivity contribution is -0.154. The lowest BCUT2D eigenvalue weighted by atomic mass is 9.44. The molecule has 0 aliphatic heterocycles. The predicted octanol–water partition coefficient (Wildman–Crippen LogP) is 5.94. The second-order valence-corrected chi connectivity index (χ2v) is 13.3. The van der Waals surface area contributed by atoms with Gasteiger partial charge in [0.05, 0.1) is 26.3 Å². The van der Waals surface area contributed by atoms with Gasteiger partial charge in [0.2, 0.25) is 0 Å². The first-order valence-electron chi connectivity index (χ1n) is 14.8. The quantitative estimate of drug-likeness (QED) is 0.447. The second kappa shape index (κ2) is 9.79. The van der Waals surface area contributed by atoms with Gasteiger partial charge in [-0.3, -0.25) is 4.79 Å². The van der Waals surface area contributed by atoms with Gasteiger partial charge in [-0.15, -0.1) is 5.10 Å². The summed E-state index contributed by atoms with van der Waals surface area (Å²) in [6.07, 6.45) is 11.3. The molecule has 7 heteroatoms. The number of ketones is 1. The van der Waals surface area contributed by atoms with Gasteiger partial charge in [-0.05, 0) is 104 Å². The van der Waals surface area contributed by atoms with E-state index in [2.05, 4.69) is 24.2 Å². The molecule has 6 rings (SSSR count). The average molecular weight is 524 g/mol. The van der Waals surface area contributed by atoms with Crippen LogP contribution in [0.25, 0.3) is 11.0 Å². The minimum atomic E-state index is 0.0819. The Kier molecular flexibility index (Phi) is 6.73. The number of hydrogen-bond donors (Lipinski definition) is 0. The van der Waals surface area contributed by atoms with Crippen molar-refractivity contribution in [3.8, 4) is 11.5 Å². The number of Topliss-reactive ketones (excluding diaryl/α,β-unsaturated/α-hetero) is 1. The number of fused-ring (bicyclic) bond motifs is 6. The molecule has 8 unspecified atom stereocenters. The van der Waals surface area contributed by atoms with E-state index in [4.69, 9.17) is 14.2 Å². The third-order valence-electron chi connectivity index (χ3n) is 11.8. The molecule has 1 heterocycles. The van der Waals surface area contributed by atoms with Crippen LogP contribution < -0.4 is 9.47 Å². The number of nitrogens with zero attached hydrogens (tertiary/aromatic N) is 3. The topological polar surface area (TPSA) is 75.5 Å². The number of aromatic nitrogens is 3. The van der Waals surface area contributed by atoms with Crippen molar-refractivity contribution in [3.63, 3.8) is 0 Å². The van der Waals surface area contributed by atoms with Gasteiger partial charge in [0.15, 0.2) is 22.8 Å². The van der Waals surface area contributed by atoms with Crippen molar-refractivity contribution in [2.45, 2.75) is 78.2 Å². The van der Waals surface area contributed by atoms with Crippen molar-refractivity contribution in [1.29, 1.82) is 0 Å². The molecule has 0 radical (unpaired) electrons. The van der Waals surface area contributed by atoms with Crippen LogP contribution in [-0.2, 0) is 16.1 Å². The fourth-order valence-corrected chi connectivity index (χ4v) is 10.1. The molecule has 0 amide bonds. The van der Waals surface area contributed by atoms with E-state index in [1.807, 2.05) is 19.2 Å². The van der Waals surface area contributed by atoms with E-state index in [9.17, 15) is 4.79 Å². The van der Waals surface area contributed by atoms with Crippen LogP contribution >= 0.6 is 0 Å². The highest BCUT2D eigenvalue weighted by atomic mass is 16.5. The molecular weight excluding hydrogens is 478 g/mol. The number of methoxy groups -OCH3 is 3. The molecule has 2 aromatic rings. The Hall–Kier alpha value is -2.15. The van der Waals surface area contributed by atoms with Gasteiger partial charge in [-0.25, -0.2) is 4.68 Å². The minimum absolute atomic E-state index is 0.0819. The first-order chi connectivity index (χ1) is 18.4. The summed E-state index contributed by atoms with van der Waals surface area (Å²) in [4.78, 5) is 13.9. The molecule has 7 nitrogen and oxygen atoms in total. The van der Waals surface area contributed by atoms with E-state index < -0.39 is 0 Å². The molecule has 208 valence electrons. The van der Waals surface area contributed by atoms with Crippen LogP contribution in [0.2, 0.25) is 0 Å². The van der Waals surface area contributed by atoms with E-state index in [1.165, 1.54) is 44.9 Å². The van der Waals surface area contributed by atoms with Crippen molar-refractivity contribution in [3.05, 3.63) is 12.1 Å². The van der Waals surface area contributed by atoms with E-state index in [1.54, 1.807) is 18.9 Å². The molecule has 0 saturated heterocycles. The van der Waals surface area contributed by atoms with Gasteiger partial charge in [-0.2, -0.15) is 0 Å². The summed E-state index contributed by atoms with van der Waals surface area (Å²) in [6, 6.07) is 3.78. The second-order valence-electron chi connectivity index (χ2n) is 13.3. The van der Waals surface area contributed by atoms with Gasteiger partial charge in [0, 0.05) is 13.0 Å². The highest BCUT2D eigenvalue weighted by Gasteiger charge is 2.62. The first kappa shape index (κ1) is 26.1. The van der Waals surface area contributed by atoms with Gasteiger partial charge >= 0.3 is 0 Å². The Morgan fingerprint density at radius 3 is 2.63 bits per heavy atom. The summed E-state index contributed by atoms with van der Waals surface area (Å²) in [5, 5.41) is 8.70. The average Bonchev–Trinajstić information content (AvgIpc) is 3.49. The SMILES string of the molecule is COCC12CCC(C)CC1CCC1C3CCC(C(=O)Cn4nnc5c(OC)c(OC)ccc54)C3(C)CCC12. The summed E-state index contributed by atoms with van der Waals surface area (Å²) >= 11 is 0. The van der Waals surface area contributed by atoms with Gasteiger partial charge in [0.25, 0.3) is 0 Å². The van der Waals surface area contributed by atoms with Crippen LogP contribution in [0, 0.1) is 46.3 Å². The van der Waals surface area contributed by atoms with Gasteiger partial charge < -0.3 is 14.2 Å². The maximum absolute atomic E-state index is 13.9. The van der Waals surface area contributed by atoms with Crippen molar-refractivity contribution >= 4 is 16.8 Å². The van der Waals surface area contributed by atoms with E-state index >= 15 is 0 Å². The van der Waals surface area contributed by atoms with Crippen LogP contribution in [0.5, 0.6) is 11.5 Å². The molecule has 4 saturated carbocycles. The molecule has 0 bridgehead atoms. The van der Waals surface area contributed by atoms with Crippen LogP contribution in [-0.4, -0.2) is 48.7 Å². The molecule has 4 aliphatic carbocycles. The molecule has 0 N–H and O–H groups in total. The number of hydrogen-bond acceptors (Lipinski definition) is 6. The summed E-state index contributed by atoms with van der Waals surface area (Å²) < 4.78 is 18.7. The zero-order valence-electron chi connectivity index (χ0n) is 23.9. The fourth-order valence-electron chi connectivity index (χ4n) is 10.1. The Morgan fingerprint density at radius 1 is 1.03 bits per heavy atom. The molecule has 1 aromatic carbocycles. The van der Waals surface area contributed by atoms with Crippen molar-refractivity contribution in [2.75, 3.05) is 27.9 Å². The van der Waals surface area contributed by atoms with Crippen LogP contribution in [0.3, 0.4) is 0 Å². The lowest BCUT2D eigenvalue weighted by Crippen LogP contribution is -2.56. The molecule has 4 aliphatic rings. The van der Waals surface area contributed by atoms with Crippen LogP contribution in [0.4, 0.5) is 0 Å². The first-order valence-corrected chi connectivity index (χ1v) is 14.8. The molecular formula is C31H45N3O4. The number of carbonyl (C=O) groups is 1. The van der Waals surface area contributed by atoms with Gasteiger partial charge in [0.1, 0.15) is 6.54 Å². The molecule has 0 spiro atoms. The number of ether oxygens (including phenoxy) is 3. The predicted molar refractivity (Wildman–Crippen MR) is 146 cm³/mol. The van der Waals surface area contributed by atoms with Crippen molar-refractivity contribution in [2.24, 2.45) is 46.3 Å². The molecule has 38 heavy (non-hydrogen) atoms. The summed E-state index contributed by atoms with van der Waals surface area (Å²) in [6.45, 7) is 6.07. The monoisotopic (exact) mass is 523 g/mol. The zero-order chi connectivity index (χ0) is 26.7. The zero-order valence-corrected chi connectivity index (χ0v) is 23.9. The summed E-state index contributed by atoms with van der Waals surface area (Å²) in [5.41, 5.74) is 1.88. The number of carbonyl (C=O) groups excluding carboxylic acids is 1. The highest BCUT2D eigenvalue weighted by molar-refractivity contribution is 5.87. The summed E-state index contributed by atoms with van der Waals surface area (Å²) in [5.74, 6) is 5.36.